The third kappa shape index (κ3) is 5.59. The molecule has 0 aromatic carbocycles. The topological polar surface area (TPSA) is 49.3 Å². The average molecular weight is 211 g/mol. The van der Waals surface area contributed by atoms with E-state index in [0.29, 0.717) is 6.32 Å². The van der Waals surface area contributed by atoms with Crippen LogP contribution in [0.25, 0.3) is 0 Å². The molecular formula is C10H20BN2O2+. The molecule has 1 aromatic rings. The smallest absolute Gasteiger partial charge is 0.427 e. The van der Waals surface area contributed by atoms with Crippen molar-refractivity contribution in [3.63, 3.8) is 0 Å². The van der Waals surface area contributed by atoms with Gasteiger partial charge in [-0.3, -0.25) is 0 Å². The predicted octanol–water partition coefficient (Wildman–Crippen LogP) is 0.346. The van der Waals surface area contributed by atoms with Gasteiger partial charge in [0.15, 0.2) is 0 Å². The first-order valence-corrected chi connectivity index (χ1v) is 5.55. The van der Waals surface area contributed by atoms with Gasteiger partial charge in [0.2, 0.25) is 6.33 Å². The van der Waals surface area contributed by atoms with Crippen molar-refractivity contribution >= 4 is 7.12 Å². The van der Waals surface area contributed by atoms with Crippen molar-refractivity contribution in [3.8, 4) is 0 Å². The molecule has 4 nitrogen and oxygen atoms in total. The summed E-state index contributed by atoms with van der Waals surface area (Å²) in [4.78, 5) is 0. The molecule has 1 aromatic heterocycles. The maximum atomic E-state index is 8.64. The molecule has 0 aliphatic rings. The third-order valence-corrected chi connectivity index (χ3v) is 2.45. The second-order valence-electron chi connectivity index (χ2n) is 4.00. The van der Waals surface area contributed by atoms with Crippen molar-refractivity contribution in [1.82, 2.24) is 4.57 Å². The molecule has 0 spiro atoms. The highest BCUT2D eigenvalue weighted by molar-refractivity contribution is 6.40. The van der Waals surface area contributed by atoms with Gasteiger partial charge in [0.25, 0.3) is 0 Å². The Balaban J connectivity index is 1.98. The first kappa shape index (κ1) is 12.3. The van der Waals surface area contributed by atoms with Gasteiger partial charge in [-0.2, -0.15) is 0 Å². The third-order valence-electron chi connectivity index (χ3n) is 2.45. The van der Waals surface area contributed by atoms with Crippen LogP contribution >= 0.6 is 0 Å². The van der Waals surface area contributed by atoms with E-state index in [-0.39, 0.29) is 0 Å². The Labute approximate surface area is 91.3 Å². The Bertz CT molecular complexity index is 276. The first-order valence-electron chi connectivity index (χ1n) is 5.55. The van der Waals surface area contributed by atoms with Crippen molar-refractivity contribution in [2.45, 2.75) is 38.5 Å². The molecule has 1 heterocycles. The quantitative estimate of drug-likeness (QED) is 0.388. The molecule has 0 radical (unpaired) electrons. The number of unbranched alkanes of at least 4 members (excludes halogenated alkanes) is 3. The van der Waals surface area contributed by atoms with Crippen LogP contribution in [0.1, 0.15) is 25.7 Å². The van der Waals surface area contributed by atoms with Crippen LogP contribution in [-0.2, 0) is 13.6 Å². The molecule has 0 atom stereocenters. The van der Waals surface area contributed by atoms with E-state index < -0.39 is 7.12 Å². The molecule has 0 aliphatic heterocycles. The van der Waals surface area contributed by atoms with Gasteiger partial charge < -0.3 is 10.0 Å². The number of aryl methyl sites for hydroxylation is 2. The number of hydrogen-bond acceptors (Lipinski definition) is 2. The zero-order valence-corrected chi connectivity index (χ0v) is 9.34. The lowest BCUT2D eigenvalue weighted by atomic mass is 9.83. The van der Waals surface area contributed by atoms with Gasteiger partial charge in [-0.25, -0.2) is 9.13 Å². The number of hydrogen-bond donors (Lipinski definition) is 2. The highest BCUT2D eigenvalue weighted by Gasteiger charge is 2.05. The second-order valence-corrected chi connectivity index (χ2v) is 4.00. The molecule has 0 saturated carbocycles. The van der Waals surface area contributed by atoms with E-state index in [4.69, 9.17) is 10.0 Å². The Morgan fingerprint density at radius 1 is 1.20 bits per heavy atom. The number of rotatable bonds is 7. The minimum atomic E-state index is -1.13. The van der Waals surface area contributed by atoms with E-state index in [0.717, 1.165) is 32.2 Å². The summed E-state index contributed by atoms with van der Waals surface area (Å²) >= 11 is 0. The van der Waals surface area contributed by atoms with E-state index in [9.17, 15) is 0 Å². The summed E-state index contributed by atoms with van der Waals surface area (Å²) in [7, 11) is 0.882. The van der Waals surface area contributed by atoms with Gasteiger partial charge in [-0.15, -0.1) is 0 Å². The maximum Gasteiger partial charge on any atom is 0.451 e. The molecule has 84 valence electrons. The monoisotopic (exact) mass is 211 g/mol. The van der Waals surface area contributed by atoms with Crippen LogP contribution in [0, 0.1) is 0 Å². The SMILES string of the molecule is C[n+]1ccn(CCCCCCB(O)O)c1. The number of imidazole rings is 1. The molecule has 0 bridgehead atoms. The van der Waals surface area contributed by atoms with E-state index in [2.05, 4.69) is 17.1 Å². The Hall–Kier alpha value is -0.805. The van der Waals surface area contributed by atoms with Crippen LogP contribution in [0.4, 0.5) is 0 Å². The van der Waals surface area contributed by atoms with Crippen molar-refractivity contribution in [2.75, 3.05) is 0 Å². The van der Waals surface area contributed by atoms with E-state index in [1.807, 2.05) is 17.8 Å². The van der Waals surface area contributed by atoms with E-state index in [1.165, 1.54) is 0 Å². The summed E-state index contributed by atoms with van der Waals surface area (Å²) in [5.74, 6) is 0. The van der Waals surface area contributed by atoms with Crippen molar-refractivity contribution in [3.05, 3.63) is 18.7 Å². The lowest BCUT2D eigenvalue weighted by Gasteiger charge is -1.99. The Kier molecular flexibility index (Phi) is 5.43. The van der Waals surface area contributed by atoms with Gasteiger partial charge in [-0.1, -0.05) is 12.8 Å². The summed E-state index contributed by atoms with van der Waals surface area (Å²) in [5.41, 5.74) is 0. The first-order chi connectivity index (χ1) is 7.18. The maximum absolute atomic E-state index is 8.64. The van der Waals surface area contributed by atoms with Gasteiger partial charge >= 0.3 is 7.12 Å². The summed E-state index contributed by atoms with van der Waals surface area (Å²) < 4.78 is 4.20. The molecular weight excluding hydrogens is 191 g/mol. The molecule has 0 saturated heterocycles. The molecule has 5 heteroatoms. The minimum absolute atomic E-state index is 0.498. The van der Waals surface area contributed by atoms with E-state index in [1.54, 1.807) is 0 Å². The molecule has 1 rings (SSSR count). The normalized spacial score (nSPS) is 10.6. The highest BCUT2D eigenvalue weighted by atomic mass is 16.4. The standard InChI is InChI=1S/C10H20BN2O2/c1-12-8-9-13(10-12)7-5-3-2-4-6-11(14)15/h8-10,14-15H,2-7H2,1H3/q+1. The van der Waals surface area contributed by atoms with Crippen LogP contribution in [-0.4, -0.2) is 21.7 Å². The van der Waals surface area contributed by atoms with Crippen molar-refractivity contribution in [1.29, 1.82) is 0 Å². The number of aromatic nitrogens is 2. The lowest BCUT2D eigenvalue weighted by Crippen LogP contribution is -2.23. The van der Waals surface area contributed by atoms with Crippen LogP contribution in [0.3, 0.4) is 0 Å². The minimum Gasteiger partial charge on any atom is -0.427 e. The molecule has 2 N–H and O–H groups in total. The van der Waals surface area contributed by atoms with E-state index >= 15 is 0 Å². The van der Waals surface area contributed by atoms with Gasteiger partial charge in [0.1, 0.15) is 12.4 Å². The predicted molar refractivity (Wildman–Crippen MR) is 59.1 cm³/mol. The molecule has 15 heavy (non-hydrogen) atoms. The summed E-state index contributed by atoms with van der Waals surface area (Å²) in [6.07, 6.45) is 10.9. The summed E-state index contributed by atoms with van der Waals surface area (Å²) in [6.45, 7) is 1.04. The zero-order chi connectivity index (χ0) is 11.1. The molecule has 0 amide bonds. The fourth-order valence-electron chi connectivity index (χ4n) is 1.61. The Morgan fingerprint density at radius 2 is 1.93 bits per heavy atom. The van der Waals surface area contributed by atoms with Gasteiger partial charge in [0, 0.05) is 0 Å². The largest absolute Gasteiger partial charge is 0.451 e. The Morgan fingerprint density at radius 3 is 2.53 bits per heavy atom. The molecule has 0 fully saturated rings. The summed E-state index contributed by atoms with van der Waals surface area (Å²) in [5, 5.41) is 17.3. The second kappa shape index (κ2) is 6.64. The molecule has 0 aliphatic carbocycles. The van der Waals surface area contributed by atoms with Crippen molar-refractivity contribution < 1.29 is 14.6 Å². The fourth-order valence-corrected chi connectivity index (χ4v) is 1.61. The highest BCUT2D eigenvalue weighted by Crippen LogP contribution is 2.05. The van der Waals surface area contributed by atoms with Crippen LogP contribution < -0.4 is 4.57 Å². The van der Waals surface area contributed by atoms with Gasteiger partial charge in [0.05, 0.1) is 13.6 Å². The lowest BCUT2D eigenvalue weighted by molar-refractivity contribution is -0.671. The summed E-state index contributed by atoms with van der Waals surface area (Å²) in [6, 6.07) is 0. The van der Waals surface area contributed by atoms with Crippen LogP contribution in [0.2, 0.25) is 6.32 Å². The van der Waals surface area contributed by atoms with Gasteiger partial charge in [-0.05, 0) is 19.2 Å². The van der Waals surface area contributed by atoms with Crippen LogP contribution in [0.5, 0.6) is 0 Å². The van der Waals surface area contributed by atoms with Crippen molar-refractivity contribution in [2.24, 2.45) is 7.05 Å². The fraction of sp³-hybridized carbons (Fsp3) is 0.700. The zero-order valence-electron chi connectivity index (χ0n) is 9.34. The average Bonchev–Trinajstić information content (AvgIpc) is 2.57. The number of nitrogens with zero attached hydrogens (tertiary/aromatic N) is 2. The molecule has 0 unspecified atom stereocenters. The van der Waals surface area contributed by atoms with Crippen LogP contribution in [0.15, 0.2) is 18.7 Å².